The predicted molar refractivity (Wildman–Crippen MR) is 78.2 cm³/mol. The molecule has 0 atom stereocenters. The van der Waals surface area contributed by atoms with Gasteiger partial charge in [-0.2, -0.15) is 0 Å². The van der Waals surface area contributed by atoms with E-state index in [-0.39, 0.29) is 5.56 Å². The number of anilines is 1. The van der Waals surface area contributed by atoms with Gasteiger partial charge in [-0.1, -0.05) is 6.07 Å². The molecule has 1 amide bonds. The van der Waals surface area contributed by atoms with E-state index in [1.54, 1.807) is 20.8 Å². The molecule has 23 heavy (non-hydrogen) atoms. The summed E-state index contributed by atoms with van der Waals surface area (Å²) in [5.74, 6) is -2.46. The van der Waals surface area contributed by atoms with Gasteiger partial charge in [-0.05, 0) is 32.9 Å². The first-order valence-electron chi connectivity index (χ1n) is 6.78. The Bertz CT molecular complexity index is 747. The second-order valence-corrected chi connectivity index (χ2v) is 4.94. The van der Waals surface area contributed by atoms with Crippen LogP contribution in [0.2, 0.25) is 0 Å². The molecule has 0 bridgehead atoms. The highest BCUT2D eigenvalue weighted by Gasteiger charge is 2.21. The summed E-state index contributed by atoms with van der Waals surface area (Å²) in [6, 6.07) is 3.19. The second kappa shape index (κ2) is 6.60. The van der Waals surface area contributed by atoms with Crippen molar-refractivity contribution in [2.75, 3.05) is 11.9 Å². The molecule has 0 saturated carbocycles. The van der Waals surface area contributed by atoms with E-state index in [9.17, 15) is 18.4 Å². The summed E-state index contributed by atoms with van der Waals surface area (Å²) in [5, 5.41) is 2.03. The van der Waals surface area contributed by atoms with Crippen molar-refractivity contribution in [2.24, 2.45) is 0 Å². The van der Waals surface area contributed by atoms with E-state index in [0.29, 0.717) is 17.1 Å². The number of nitrogens with one attached hydrogen (secondary N) is 1. The van der Waals surface area contributed by atoms with Crippen LogP contribution in [-0.4, -0.2) is 18.5 Å². The molecule has 0 aliphatic rings. The van der Waals surface area contributed by atoms with Gasteiger partial charge in [-0.25, -0.2) is 13.6 Å². The first-order chi connectivity index (χ1) is 10.8. The Morgan fingerprint density at radius 1 is 1.13 bits per heavy atom. The van der Waals surface area contributed by atoms with Crippen molar-refractivity contribution < 1.29 is 27.5 Å². The van der Waals surface area contributed by atoms with Gasteiger partial charge in [0.25, 0.3) is 5.91 Å². The molecular weight excluding hydrogens is 308 g/mol. The minimum atomic E-state index is -0.915. The van der Waals surface area contributed by atoms with E-state index in [0.717, 1.165) is 12.1 Å². The Hall–Kier alpha value is -2.70. The lowest BCUT2D eigenvalue weighted by atomic mass is 10.1. The highest BCUT2D eigenvalue weighted by atomic mass is 19.1. The van der Waals surface area contributed by atoms with Gasteiger partial charge in [0.2, 0.25) is 0 Å². The van der Waals surface area contributed by atoms with Crippen molar-refractivity contribution in [3.8, 4) is 0 Å². The number of halogens is 2. The zero-order valence-electron chi connectivity index (χ0n) is 12.8. The van der Waals surface area contributed by atoms with Crippen molar-refractivity contribution >= 4 is 17.6 Å². The molecule has 122 valence electrons. The number of carbonyl (C=O) groups excluding carboxylic acids is 2. The number of rotatable bonds is 4. The number of furan rings is 1. The number of carbonyl (C=O) groups is 2. The monoisotopic (exact) mass is 323 g/mol. The fourth-order valence-electron chi connectivity index (χ4n) is 2.09. The second-order valence-electron chi connectivity index (χ2n) is 4.94. The van der Waals surface area contributed by atoms with Gasteiger partial charge < -0.3 is 14.5 Å². The lowest BCUT2D eigenvalue weighted by Gasteiger charge is -2.08. The molecule has 2 rings (SSSR count). The Morgan fingerprint density at radius 2 is 1.74 bits per heavy atom. The van der Waals surface area contributed by atoms with Crippen molar-refractivity contribution in [3.05, 3.63) is 52.5 Å². The van der Waals surface area contributed by atoms with Gasteiger partial charge in [0, 0.05) is 5.56 Å². The van der Waals surface area contributed by atoms with Crippen LogP contribution in [0, 0.1) is 32.4 Å². The lowest BCUT2D eigenvalue weighted by Crippen LogP contribution is -2.22. The number of hydrogen-bond acceptors (Lipinski definition) is 4. The van der Waals surface area contributed by atoms with Crippen LogP contribution in [0.5, 0.6) is 0 Å². The Kier molecular flexibility index (Phi) is 4.78. The molecule has 2 aromatic rings. The zero-order valence-corrected chi connectivity index (χ0v) is 12.8. The summed E-state index contributed by atoms with van der Waals surface area (Å²) in [7, 11) is 0. The maximum atomic E-state index is 13.4. The van der Waals surface area contributed by atoms with E-state index in [1.165, 1.54) is 6.07 Å². The van der Waals surface area contributed by atoms with Gasteiger partial charge >= 0.3 is 5.97 Å². The van der Waals surface area contributed by atoms with Crippen molar-refractivity contribution in [3.63, 3.8) is 0 Å². The minimum Gasteiger partial charge on any atom is -0.465 e. The fraction of sp³-hybridized carbons (Fsp3) is 0.250. The molecule has 1 N–H and O–H groups in total. The maximum absolute atomic E-state index is 13.4. The summed E-state index contributed by atoms with van der Waals surface area (Å²) in [6.45, 7) is 4.32. The van der Waals surface area contributed by atoms with Crippen LogP contribution in [0.1, 0.15) is 27.4 Å². The predicted octanol–water partition coefficient (Wildman–Crippen LogP) is 3.28. The number of benzene rings is 1. The molecule has 0 unspecified atom stereocenters. The maximum Gasteiger partial charge on any atom is 0.342 e. The van der Waals surface area contributed by atoms with Crippen LogP contribution in [0.25, 0.3) is 0 Å². The van der Waals surface area contributed by atoms with Crippen LogP contribution >= 0.6 is 0 Å². The van der Waals surface area contributed by atoms with E-state index in [4.69, 9.17) is 9.15 Å². The average Bonchev–Trinajstić information content (AvgIpc) is 2.74. The molecule has 1 aromatic carbocycles. The highest BCUT2D eigenvalue weighted by molar-refractivity contribution is 5.96. The smallest absolute Gasteiger partial charge is 0.342 e. The molecule has 1 aromatic heterocycles. The third-order valence-corrected chi connectivity index (χ3v) is 3.33. The van der Waals surface area contributed by atoms with Gasteiger partial charge in [-0.3, -0.25) is 4.79 Å². The topological polar surface area (TPSA) is 68.5 Å². The molecule has 5 nitrogen and oxygen atoms in total. The first-order valence-corrected chi connectivity index (χ1v) is 6.78. The van der Waals surface area contributed by atoms with E-state index < -0.39 is 35.8 Å². The summed E-state index contributed by atoms with van der Waals surface area (Å²) >= 11 is 0. The summed E-state index contributed by atoms with van der Waals surface area (Å²) < 4.78 is 37.0. The Labute approximate surface area is 131 Å². The SMILES string of the molecule is Cc1oc(C)c(C(=O)OCC(=O)Nc2c(F)cccc2F)c1C. The quantitative estimate of drug-likeness (QED) is 0.877. The normalized spacial score (nSPS) is 10.5. The molecule has 0 aliphatic carbocycles. The van der Waals surface area contributed by atoms with E-state index >= 15 is 0 Å². The standard InChI is InChI=1S/C16H15F2NO4/c1-8-9(2)23-10(3)14(8)16(21)22-7-13(20)19-15-11(17)5-4-6-12(15)18/h4-6H,7H2,1-3H3,(H,19,20). The van der Waals surface area contributed by atoms with Crippen molar-refractivity contribution in [2.45, 2.75) is 20.8 Å². The number of aryl methyl sites for hydroxylation is 2. The number of amides is 1. The van der Waals surface area contributed by atoms with Gasteiger partial charge in [0.15, 0.2) is 6.61 Å². The molecule has 0 saturated heterocycles. The molecular formula is C16H15F2NO4. The summed E-state index contributed by atoms with van der Waals surface area (Å²) in [5.41, 5.74) is 0.278. The number of esters is 1. The third kappa shape index (κ3) is 3.56. The van der Waals surface area contributed by atoms with Crippen molar-refractivity contribution in [1.82, 2.24) is 0 Å². The van der Waals surface area contributed by atoms with Gasteiger partial charge in [-0.15, -0.1) is 0 Å². The van der Waals surface area contributed by atoms with Crippen LogP contribution in [-0.2, 0) is 9.53 Å². The van der Waals surface area contributed by atoms with Gasteiger partial charge in [0.05, 0.1) is 0 Å². The van der Waals surface area contributed by atoms with Gasteiger partial charge in [0.1, 0.15) is 34.4 Å². The Morgan fingerprint density at radius 3 is 2.26 bits per heavy atom. The zero-order chi connectivity index (χ0) is 17.1. The summed E-state index contributed by atoms with van der Waals surface area (Å²) in [4.78, 5) is 23.7. The van der Waals surface area contributed by atoms with E-state index in [1.807, 2.05) is 5.32 Å². The fourth-order valence-corrected chi connectivity index (χ4v) is 2.09. The highest BCUT2D eigenvalue weighted by Crippen LogP contribution is 2.21. The third-order valence-electron chi connectivity index (χ3n) is 3.33. The molecule has 1 heterocycles. The van der Waals surface area contributed by atoms with Crippen LogP contribution in [0.3, 0.4) is 0 Å². The Balaban J connectivity index is 2.01. The number of hydrogen-bond donors (Lipinski definition) is 1. The van der Waals surface area contributed by atoms with Crippen molar-refractivity contribution in [1.29, 1.82) is 0 Å². The molecule has 0 radical (unpaired) electrons. The summed E-state index contributed by atoms with van der Waals surface area (Å²) in [6.07, 6.45) is 0. The molecule has 0 spiro atoms. The number of ether oxygens (including phenoxy) is 1. The van der Waals surface area contributed by atoms with E-state index in [2.05, 4.69) is 0 Å². The number of para-hydroxylation sites is 1. The van der Waals surface area contributed by atoms with Crippen LogP contribution < -0.4 is 5.32 Å². The minimum absolute atomic E-state index is 0.243. The first kappa shape index (κ1) is 16.7. The molecule has 0 fully saturated rings. The largest absolute Gasteiger partial charge is 0.465 e. The average molecular weight is 323 g/mol. The van der Waals surface area contributed by atoms with Crippen LogP contribution in [0.4, 0.5) is 14.5 Å². The molecule has 0 aliphatic heterocycles. The van der Waals surface area contributed by atoms with Crippen LogP contribution in [0.15, 0.2) is 22.6 Å². The molecule has 7 heteroatoms. The lowest BCUT2D eigenvalue weighted by molar-refractivity contribution is -0.119.